The maximum Gasteiger partial charge on any atom is 0.115 e. The molecule has 1 aromatic rings. The van der Waals surface area contributed by atoms with E-state index in [2.05, 4.69) is 13.2 Å². The van der Waals surface area contributed by atoms with E-state index in [9.17, 15) is 0 Å². The Hall–Kier alpha value is -1.50. The minimum absolute atomic E-state index is 0.322. The Labute approximate surface area is 67.3 Å². The van der Waals surface area contributed by atoms with E-state index in [1.165, 1.54) is 0 Å². The monoisotopic (exact) mass is 148 g/mol. The van der Waals surface area contributed by atoms with Crippen LogP contribution in [-0.4, -0.2) is 5.11 Å². The number of aromatic hydroxyl groups is 1. The summed E-state index contributed by atoms with van der Waals surface area (Å²) in [6, 6.07) is 8.71. The number of phenols is 1. The predicted octanol–water partition coefficient (Wildman–Crippen LogP) is 2.75. The summed E-state index contributed by atoms with van der Waals surface area (Å²) < 4.78 is 0. The predicted molar refractivity (Wildman–Crippen MR) is 48.5 cm³/mol. The van der Waals surface area contributed by atoms with Crippen molar-refractivity contribution in [3.63, 3.8) is 0 Å². The van der Waals surface area contributed by atoms with Gasteiger partial charge in [-0.2, -0.15) is 0 Å². The molecule has 1 rings (SSSR count). The lowest BCUT2D eigenvalue weighted by Gasteiger charge is -1.82. The van der Waals surface area contributed by atoms with Crippen molar-refractivity contribution in [3.8, 4) is 5.75 Å². The molecule has 0 unspecified atom stereocenters. The molecule has 1 nitrogen and oxygen atoms in total. The number of phenolic OH excluding ortho intramolecular Hbond substituents is 1. The van der Waals surface area contributed by atoms with Crippen LogP contribution in [0.2, 0.25) is 0 Å². The average Bonchev–Trinajstić information content (AvgIpc) is 2.07. The zero-order valence-electron chi connectivity index (χ0n) is 6.40. The van der Waals surface area contributed by atoms with Gasteiger partial charge >= 0.3 is 0 Å². The van der Waals surface area contributed by atoms with Crippen molar-refractivity contribution in [1.82, 2.24) is 0 Å². The highest BCUT2D eigenvalue weighted by atomic mass is 16.3. The quantitative estimate of drug-likeness (QED) is 0.607. The fourth-order valence-electron chi connectivity index (χ4n) is 0.428. The third-order valence-electron chi connectivity index (χ3n) is 0.923. The first-order valence-corrected chi connectivity index (χ1v) is 3.28. The molecule has 0 bridgehead atoms. The molecule has 0 aliphatic rings. The second-order valence-electron chi connectivity index (χ2n) is 1.81. The molecular formula is C10H12O. The van der Waals surface area contributed by atoms with Crippen molar-refractivity contribution < 1.29 is 5.11 Å². The third kappa shape index (κ3) is 6.38. The number of para-hydroxylation sites is 1. The molecule has 1 aromatic carbocycles. The number of hydrogen-bond acceptors (Lipinski definition) is 1. The van der Waals surface area contributed by atoms with Gasteiger partial charge < -0.3 is 5.11 Å². The summed E-state index contributed by atoms with van der Waals surface area (Å²) >= 11 is 0. The molecule has 0 aliphatic heterocycles. The fourth-order valence-corrected chi connectivity index (χ4v) is 0.428. The van der Waals surface area contributed by atoms with E-state index >= 15 is 0 Å². The lowest BCUT2D eigenvalue weighted by Crippen LogP contribution is -1.56. The first kappa shape index (κ1) is 9.50. The summed E-state index contributed by atoms with van der Waals surface area (Å²) in [5.74, 6) is 0.322. The number of allylic oxidation sites excluding steroid dienone is 2. The minimum Gasteiger partial charge on any atom is -0.508 e. The first-order chi connectivity index (χ1) is 5.31. The van der Waals surface area contributed by atoms with E-state index in [0.29, 0.717) is 5.75 Å². The van der Waals surface area contributed by atoms with Crippen LogP contribution in [0.5, 0.6) is 5.75 Å². The molecule has 1 heteroatoms. The minimum atomic E-state index is 0.322. The largest absolute Gasteiger partial charge is 0.508 e. The SMILES string of the molecule is C=CC=C.Oc1ccccc1. The average molecular weight is 148 g/mol. The van der Waals surface area contributed by atoms with Crippen LogP contribution in [0.4, 0.5) is 0 Å². The van der Waals surface area contributed by atoms with Crippen LogP contribution < -0.4 is 0 Å². The number of hydrogen-bond donors (Lipinski definition) is 1. The molecule has 11 heavy (non-hydrogen) atoms. The van der Waals surface area contributed by atoms with Crippen LogP contribution in [0.25, 0.3) is 0 Å². The van der Waals surface area contributed by atoms with Crippen molar-refractivity contribution in [2.24, 2.45) is 0 Å². The fraction of sp³-hybridized carbons (Fsp3) is 0. The van der Waals surface area contributed by atoms with Gasteiger partial charge in [-0.3, -0.25) is 0 Å². The molecule has 0 heterocycles. The summed E-state index contributed by atoms with van der Waals surface area (Å²) in [5.41, 5.74) is 0. The second-order valence-corrected chi connectivity index (χ2v) is 1.81. The van der Waals surface area contributed by atoms with Crippen molar-refractivity contribution in [2.75, 3.05) is 0 Å². The summed E-state index contributed by atoms with van der Waals surface area (Å²) in [6.07, 6.45) is 3.28. The lowest BCUT2D eigenvalue weighted by molar-refractivity contribution is 0.475. The van der Waals surface area contributed by atoms with Crippen LogP contribution in [0.3, 0.4) is 0 Å². The molecule has 0 fully saturated rings. The van der Waals surface area contributed by atoms with Gasteiger partial charge in [-0.25, -0.2) is 0 Å². The van der Waals surface area contributed by atoms with Gasteiger partial charge in [0.05, 0.1) is 0 Å². The molecule has 0 aliphatic carbocycles. The van der Waals surface area contributed by atoms with Crippen LogP contribution in [-0.2, 0) is 0 Å². The van der Waals surface area contributed by atoms with Gasteiger partial charge in [0.15, 0.2) is 0 Å². The smallest absolute Gasteiger partial charge is 0.115 e. The van der Waals surface area contributed by atoms with E-state index in [-0.39, 0.29) is 0 Å². The highest BCUT2D eigenvalue weighted by molar-refractivity contribution is 5.18. The Bertz CT molecular complexity index is 195. The van der Waals surface area contributed by atoms with Crippen molar-refractivity contribution >= 4 is 0 Å². The van der Waals surface area contributed by atoms with E-state index in [1.54, 1.807) is 36.4 Å². The number of benzene rings is 1. The Morgan fingerprint density at radius 3 is 1.64 bits per heavy atom. The Kier molecular flexibility index (Phi) is 5.72. The highest BCUT2D eigenvalue weighted by Gasteiger charge is 1.74. The molecule has 1 N–H and O–H groups in total. The zero-order chi connectivity index (χ0) is 8.53. The van der Waals surface area contributed by atoms with Crippen LogP contribution >= 0.6 is 0 Å². The highest BCUT2D eigenvalue weighted by Crippen LogP contribution is 2.02. The summed E-state index contributed by atoms with van der Waals surface area (Å²) in [5, 5.41) is 8.63. The third-order valence-corrected chi connectivity index (χ3v) is 0.923. The van der Waals surface area contributed by atoms with Gasteiger partial charge in [0, 0.05) is 0 Å². The zero-order valence-corrected chi connectivity index (χ0v) is 6.40. The van der Waals surface area contributed by atoms with Crippen LogP contribution in [0.1, 0.15) is 0 Å². The molecular weight excluding hydrogens is 136 g/mol. The molecule has 0 saturated carbocycles. The van der Waals surface area contributed by atoms with Crippen molar-refractivity contribution in [1.29, 1.82) is 0 Å². The van der Waals surface area contributed by atoms with Gasteiger partial charge in [-0.05, 0) is 12.1 Å². The van der Waals surface area contributed by atoms with Gasteiger partial charge in [0.25, 0.3) is 0 Å². The van der Waals surface area contributed by atoms with E-state index < -0.39 is 0 Å². The Morgan fingerprint density at radius 1 is 1.00 bits per heavy atom. The molecule has 0 amide bonds. The second kappa shape index (κ2) is 6.62. The molecule has 0 atom stereocenters. The Balaban J connectivity index is 0.000000218. The standard InChI is InChI=1S/C6H6O.C4H6/c7-6-4-2-1-3-5-6;1-3-4-2/h1-5,7H;3-4H,1-2H2. The molecule has 0 aromatic heterocycles. The summed E-state index contributed by atoms with van der Waals surface area (Å²) in [4.78, 5) is 0. The molecule has 0 saturated heterocycles. The number of rotatable bonds is 1. The van der Waals surface area contributed by atoms with Crippen molar-refractivity contribution in [3.05, 3.63) is 55.6 Å². The van der Waals surface area contributed by atoms with E-state index in [4.69, 9.17) is 5.11 Å². The molecule has 0 radical (unpaired) electrons. The lowest BCUT2D eigenvalue weighted by atomic mass is 10.3. The first-order valence-electron chi connectivity index (χ1n) is 3.28. The topological polar surface area (TPSA) is 20.2 Å². The summed E-state index contributed by atoms with van der Waals surface area (Å²) in [6.45, 7) is 6.72. The normalized spacial score (nSPS) is 7.27. The van der Waals surface area contributed by atoms with E-state index in [1.807, 2.05) is 6.07 Å². The van der Waals surface area contributed by atoms with Gasteiger partial charge in [-0.1, -0.05) is 43.5 Å². The van der Waals surface area contributed by atoms with Gasteiger partial charge in [-0.15, -0.1) is 0 Å². The van der Waals surface area contributed by atoms with E-state index in [0.717, 1.165) is 0 Å². The van der Waals surface area contributed by atoms with Crippen LogP contribution in [0, 0.1) is 0 Å². The van der Waals surface area contributed by atoms with Gasteiger partial charge in [0.1, 0.15) is 5.75 Å². The maximum atomic E-state index is 8.63. The maximum absolute atomic E-state index is 8.63. The van der Waals surface area contributed by atoms with Crippen LogP contribution in [0.15, 0.2) is 55.6 Å². The molecule has 0 spiro atoms. The van der Waals surface area contributed by atoms with Gasteiger partial charge in [0.2, 0.25) is 0 Å². The Morgan fingerprint density at radius 2 is 1.45 bits per heavy atom. The molecule has 58 valence electrons. The summed E-state index contributed by atoms with van der Waals surface area (Å²) in [7, 11) is 0. The van der Waals surface area contributed by atoms with Crippen molar-refractivity contribution in [2.45, 2.75) is 0 Å².